The second kappa shape index (κ2) is 6.02. The minimum atomic E-state index is 0.132. The number of nitrogens with one attached hydrogen (secondary N) is 2. The lowest BCUT2D eigenvalue weighted by Crippen LogP contribution is -2.39. The minimum Gasteiger partial charge on any atom is -0.404 e. The van der Waals surface area contributed by atoms with Gasteiger partial charge in [-0.05, 0) is 30.7 Å². The Morgan fingerprint density at radius 1 is 1.53 bits per heavy atom. The molecule has 1 fully saturated rings. The van der Waals surface area contributed by atoms with Crippen LogP contribution in [-0.4, -0.2) is 37.9 Å². The third-order valence-corrected chi connectivity index (χ3v) is 3.24. The number of nitrogens with zero attached hydrogens (tertiary/aromatic N) is 1. The van der Waals surface area contributed by atoms with Gasteiger partial charge in [-0.3, -0.25) is 4.36 Å². The molecule has 1 rings (SSSR count). The van der Waals surface area contributed by atoms with Crippen LogP contribution in [-0.2, 0) is 10.7 Å². The van der Waals surface area contributed by atoms with E-state index in [1.165, 1.54) is 6.21 Å². The van der Waals surface area contributed by atoms with E-state index < -0.39 is 0 Å². The molecule has 1 saturated heterocycles. The summed E-state index contributed by atoms with van der Waals surface area (Å²) in [4.78, 5) is 0. The van der Waals surface area contributed by atoms with Crippen molar-refractivity contribution in [2.75, 3.05) is 25.6 Å². The lowest BCUT2D eigenvalue weighted by molar-refractivity contribution is 0.389. The van der Waals surface area contributed by atoms with E-state index >= 15 is 0 Å². The Labute approximate surface area is 93.9 Å². The van der Waals surface area contributed by atoms with Gasteiger partial charge in [0, 0.05) is 25.2 Å². The van der Waals surface area contributed by atoms with Crippen molar-refractivity contribution in [3.63, 3.8) is 0 Å². The van der Waals surface area contributed by atoms with E-state index in [0.29, 0.717) is 12.0 Å². The Morgan fingerprint density at radius 3 is 2.80 bits per heavy atom. The first kappa shape index (κ1) is 12.4. The summed E-state index contributed by atoms with van der Waals surface area (Å²) in [5, 5.41) is 10.6. The number of piperidine rings is 1. The van der Waals surface area contributed by atoms with Crippen LogP contribution in [0.1, 0.15) is 6.42 Å². The Balaban J connectivity index is 2.63. The molecular weight excluding hydrogens is 208 g/mol. The van der Waals surface area contributed by atoms with Crippen LogP contribution in [0.3, 0.4) is 0 Å². The monoisotopic (exact) mass is 228 g/mol. The second-order valence-electron chi connectivity index (χ2n) is 3.93. The molecule has 1 aliphatic heterocycles. The fourth-order valence-electron chi connectivity index (χ4n) is 1.85. The molecule has 0 aromatic heterocycles. The lowest BCUT2D eigenvalue weighted by Gasteiger charge is -2.28. The molecule has 0 bridgehead atoms. The van der Waals surface area contributed by atoms with E-state index in [1.54, 1.807) is 6.20 Å². The zero-order chi connectivity index (χ0) is 11.3. The lowest BCUT2D eigenvalue weighted by atomic mass is 9.90. The highest BCUT2D eigenvalue weighted by atomic mass is 32.2. The van der Waals surface area contributed by atoms with Crippen LogP contribution >= 0.6 is 0 Å². The molecule has 4 N–H and O–H groups in total. The minimum absolute atomic E-state index is 0.132. The van der Waals surface area contributed by atoms with Crippen LogP contribution in [0.15, 0.2) is 16.1 Å². The molecule has 1 heterocycles. The summed E-state index contributed by atoms with van der Waals surface area (Å²) in [5.74, 6) is 0.346. The molecule has 0 aromatic rings. The van der Waals surface area contributed by atoms with Gasteiger partial charge in [0.2, 0.25) is 0 Å². The predicted octanol–water partition coefficient (Wildman–Crippen LogP) is 0.518. The van der Waals surface area contributed by atoms with Crippen LogP contribution in [0.4, 0.5) is 0 Å². The van der Waals surface area contributed by atoms with E-state index in [0.717, 1.165) is 25.1 Å². The van der Waals surface area contributed by atoms with Crippen molar-refractivity contribution < 1.29 is 0 Å². The second-order valence-corrected chi connectivity index (χ2v) is 5.69. The number of nitrogens with two attached hydrogens (primary N) is 1. The van der Waals surface area contributed by atoms with Crippen LogP contribution in [0.25, 0.3) is 0 Å². The third kappa shape index (κ3) is 3.76. The standard InChI is InChI=1S/C10H20N4S/c1-15(2)14-10-3-8(6-13-7-10)9(4-11)5-12/h4-5,8,10-11,13H,3,6-7,12H2,1-2H3/b9-5+,11-4?. The molecule has 0 spiro atoms. The molecular formula is C10H20N4S. The molecule has 0 amide bonds. The quantitative estimate of drug-likeness (QED) is 0.616. The normalized spacial score (nSPS) is 27.8. The number of hydrogen-bond donors (Lipinski definition) is 3. The van der Waals surface area contributed by atoms with Gasteiger partial charge in [-0.2, -0.15) is 0 Å². The van der Waals surface area contributed by atoms with E-state index in [4.69, 9.17) is 11.1 Å². The summed E-state index contributed by atoms with van der Waals surface area (Å²) in [6.45, 7) is 1.86. The van der Waals surface area contributed by atoms with E-state index in [2.05, 4.69) is 22.2 Å². The first-order valence-corrected chi connectivity index (χ1v) is 7.08. The summed E-state index contributed by atoms with van der Waals surface area (Å²) >= 11 is 0. The molecule has 0 saturated carbocycles. The maximum atomic E-state index is 7.27. The van der Waals surface area contributed by atoms with Crippen molar-refractivity contribution in [1.29, 1.82) is 5.41 Å². The highest BCUT2D eigenvalue weighted by Crippen LogP contribution is 2.19. The van der Waals surface area contributed by atoms with Crippen molar-refractivity contribution in [1.82, 2.24) is 5.32 Å². The Hall–Kier alpha value is -0.680. The highest BCUT2D eigenvalue weighted by Gasteiger charge is 2.22. The predicted molar refractivity (Wildman–Crippen MR) is 67.5 cm³/mol. The van der Waals surface area contributed by atoms with Crippen LogP contribution in [0.5, 0.6) is 0 Å². The average molecular weight is 228 g/mol. The molecule has 5 heteroatoms. The van der Waals surface area contributed by atoms with Crippen molar-refractivity contribution >= 4 is 16.9 Å². The van der Waals surface area contributed by atoms with Gasteiger partial charge in [-0.25, -0.2) is 0 Å². The van der Waals surface area contributed by atoms with Crippen LogP contribution in [0, 0.1) is 11.3 Å². The molecule has 4 nitrogen and oxygen atoms in total. The molecule has 1 aliphatic rings. The SMILES string of the molecule is CS(C)=NC1CNCC(/C(C=N)=C/N)C1. The Bertz CT molecular complexity index is 281. The Kier molecular flexibility index (Phi) is 4.98. The van der Waals surface area contributed by atoms with Gasteiger partial charge in [-0.15, -0.1) is 10.7 Å². The van der Waals surface area contributed by atoms with Crippen LogP contribution < -0.4 is 11.1 Å². The van der Waals surface area contributed by atoms with Crippen LogP contribution in [0.2, 0.25) is 0 Å². The number of rotatable bonds is 3. The Morgan fingerprint density at radius 2 is 2.27 bits per heavy atom. The van der Waals surface area contributed by atoms with Gasteiger partial charge in [0.25, 0.3) is 0 Å². The smallest absolute Gasteiger partial charge is 0.0698 e. The van der Waals surface area contributed by atoms with Crippen molar-refractivity contribution in [3.05, 3.63) is 11.8 Å². The van der Waals surface area contributed by atoms with E-state index in [9.17, 15) is 0 Å². The zero-order valence-electron chi connectivity index (χ0n) is 9.36. The summed E-state index contributed by atoms with van der Waals surface area (Å²) in [5.41, 5.74) is 6.40. The topological polar surface area (TPSA) is 74.3 Å². The van der Waals surface area contributed by atoms with Gasteiger partial charge >= 0.3 is 0 Å². The molecule has 0 aliphatic carbocycles. The molecule has 0 radical (unpaired) electrons. The molecule has 2 atom stereocenters. The third-order valence-electron chi connectivity index (χ3n) is 2.52. The van der Waals surface area contributed by atoms with Crippen molar-refractivity contribution in [2.45, 2.75) is 12.5 Å². The fraction of sp³-hybridized carbons (Fsp3) is 0.700. The van der Waals surface area contributed by atoms with Crippen molar-refractivity contribution in [3.8, 4) is 0 Å². The summed E-state index contributed by atoms with van der Waals surface area (Å²) < 4.78 is 4.66. The maximum absolute atomic E-state index is 7.27. The van der Waals surface area contributed by atoms with Gasteiger partial charge in [-0.1, -0.05) is 0 Å². The number of hydrogen-bond acceptors (Lipinski definition) is 4. The van der Waals surface area contributed by atoms with E-state index in [1.807, 2.05) is 0 Å². The van der Waals surface area contributed by atoms with E-state index in [-0.39, 0.29) is 10.7 Å². The summed E-state index contributed by atoms with van der Waals surface area (Å²) in [6, 6.07) is 0.372. The molecule has 86 valence electrons. The summed E-state index contributed by atoms with van der Waals surface area (Å²) in [7, 11) is 0.132. The summed E-state index contributed by atoms with van der Waals surface area (Å²) in [6.07, 6.45) is 8.15. The fourth-order valence-corrected chi connectivity index (χ4v) is 2.61. The first-order chi connectivity index (χ1) is 7.17. The average Bonchev–Trinajstić information content (AvgIpc) is 2.19. The van der Waals surface area contributed by atoms with Gasteiger partial charge in [0.15, 0.2) is 0 Å². The maximum Gasteiger partial charge on any atom is 0.0698 e. The van der Waals surface area contributed by atoms with Gasteiger partial charge < -0.3 is 16.5 Å². The molecule has 0 aromatic carbocycles. The molecule has 2 unspecified atom stereocenters. The van der Waals surface area contributed by atoms with Crippen molar-refractivity contribution in [2.24, 2.45) is 16.0 Å². The zero-order valence-corrected chi connectivity index (χ0v) is 10.2. The largest absolute Gasteiger partial charge is 0.404 e. The molecule has 15 heavy (non-hydrogen) atoms. The van der Waals surface area contributed by atoms with Gasteiger partial charge in [0.1, 0.15) is 0 Å². The first-order valence-electron chi connectivity index (χ1n) is 5.09. The van der Waals surface area contributed by atoms with Gasteiger partial charge in [0.05, 0.1) is 6.04 Å². The highest BCUT2D eigenvalue weighted by molar-refractivity contribution is 7.85.